The van der Waals surface area contributed by atoms with E-state index in [1.165, 1.54) is 0 Å². The maximum absolute atomic E-state index is 11.2. The van der Waals surface area contributed by atoms with Crippen molar-refractivity contribution >= 4 is 16.8 Å². The monoisotopic (exact) mass is 219 g/mol. The van der Waals surface area contributed by atoms with E-state index in [-0.39, 0.29) is 0 Å². The van der Waals surface area contributed by atoms with Gasteiger partial charge < -0.3 is 10.5 Å². The van der Waals surface area contributed by atoms with E-state index in [0.29, 0.717) is 18.8 Å². The molecule has 0 saturated heterocycles. The fourth-order valence-corrected chi connectivity index (χ4v) is 1.66. The smallest absolute Gasteiger partial charge is 0.269 e. The molecule has 0 saturated carbocycles. The van der Waals surface area contributed by atoms with Crippen molar-refractivity contribution in [1.82, 2.24) is 9.78 Å². The first-order valence-electron chi connectivity index (χ1n) is 4.98. The van der Waals surface area contributed by atoms with Crippen LogP contribution >= 0.6 is 0 Å². The number of nitrogens with two attached hydrogens (primary N) is 1. The highest BCUT2D eigenvalue weighted by atomic mass is 16.5. The minimum atomic E-state index is -0.507. The fourth-order valence-electron chi connectivity index (χ4n) is 1.66. The summed E-state index contributed by atoms with van der Waals surface area (Å²) in [5.41, 5.74) is 6.48. The molecule has 1 aromatic carbocycles. The Balaban J connectivity index is 2.53. The van der Waals surface area contributed by atoms with E-state index in [2.05, 4.69) is 5.10 Å². The van der Waals surface area contributed by atoms with Crippen molar-refractivity contribution in [3.05, 3.63) is 30.0 Å². The number of carbonyl (C=O) groups is 1. The summed E-state index contributed by atoms with van der Waals surface area (Å²) in [4.78, 5) is 11.2. The van der Waals surface area contributed by atoms with Crippen LogP contribution in [-0.4, -0.2) is 29.4 Å². The summed E-state index contributed by atoms with van der Waals surface area (Å²) in [7, 11) is 1.63. The summed E-state index contributed by atoms with van der Waals surface area (Å²) in [5.74, 6) is -0.507. The number of ether oxygens (including phenoxy) is 1. The molecule has 2 N–H and O–H groups in total. The molecule has 0 spiro atoms. The zero-order chi connectivity index (χ0) is 11.5. The number of hydrogen-bond donors (Lipinski definition) is 1. The van der Waals surface area contributed by atoms with Crippen molar-refractivity contribution in [3.63, 3.8) is 0 Å². The molecule has 0 aliphatic heterocycles. The zero-order valence-corrected chi connectivity index (χ0v) is 9.01. The second kappa shape index (κ2) is 4.32. The van der Waals surface area contributed by atoms with Crippen molar-refractivity contribution in [3.8, 4) is 0 Å². The molecule has 2 aromatic rings. The number of benzene rings is 1. The van der Waals surface area contributed by atoms with Crippen molar-refractivity contribution in [2.24, 2.45) is 5.73 Å². The third kappa shape index (κ3) is 1.77. The Morgan fingerprint density at radius 2 is 2.25 bits per heavy atom. The third-order valence-corrected chi connectivity index (χ3v) is 2.40. The number of primary amides is 1. The van der Waals surface area contributed by atoms with Crippen molar-refractivity contribution in [1.29, 1.82) is 0 Å². The largest absolute Gasteiger partial charge is 0.383 e. The molecule has 0 radical (unpaired) electrons. The highest BCUT2D eigenvalue weighted by Gasteiger charge is 2.13. The number of amides is 1. The normalized spacial score (nSPS) is 10.8. The van der Waals surface area contributed by atoms with Crippen LogP contribution in [0.5, 0.6) is 0 Å². The van der Waals surface area contributed by atoms with E-state index in [9.17, 15) is 4.79 Å². The average molecular weight is 219 g/mol. The first-order valence-corrected chi connectivity index (χ1v) is 4.98. The van der Waals surface area contributed by atoms with E-state index in [4.69, 9.17) is 10.5 Å². The summed E-state index contributed by atoms with van der Waals surface area (Å²) in [6, 6.07) is 7.51. The van der Waals surface area contributed by atoms with Crippen molar-refractivity contribution in [2.45, 2.75) is 6.54 Å². The van der Waals surface area contributed by atoms with E-state index in [1.54, 1.807) is 11.8 Å². The van der Waals surface area contributed by atoms with Gasteiger partial charge in [-0.25, -0.2) is 0 Å². The van der Waals surface area contributed by atoms with Crippen LogP contribution in [0, 0.1) is 0 Å². The number of methoxy groups -OCH3 is 1. The van der Waals surface area contributed by atoms with E-state index in [1.807, 2.05) is 24.3 Å². The molecule has 5 heteroatoms. The lowest BCUT2D eigenvalue weighted by molar-refractivity contribution is 0.0995. The quantitative estimate of drug-likeness (QED) is 0.826. The lowest BCUT2D eigenvalue weighted by atomic mass is 10.2. The average Bonchev–Trinajstić information content (AvgIpc) is 2.65. The minimum absolute atomic E-state index is 0.312. The number of carbonyl (C=O) groups excluding carboxylic acids is 1. The van der Waals surface area contributed by atoms with Gasteiger partial charge in [0.25, 0.3) is 5.91 Å². The number of nitrogens with zero attached hydrogens (tertiary/aromatic N) is 2. The van der Waals surface area contributed by atoms with Crippen LogP contribution in [0.1, 0.15) is 10.5 Å². The summed E-state index contributed by atoms with van der Waals surface area (Å²) in [5, 5.41) is 4.97. The molecule has 0 unspecified atom stereocenters. The predicted octanol–water partition coefficient (Wildman–Crippen LogP) is 0.782. The minimum Gasteiger partial charge on any atom is -0.383 e. The SMILES string of the molecule is COCCn1nc(C(N)=O)c2ccccc21. The Labute approximate surface area is 92.8 Å². The molecule has 0 aliphatic carbocycles. The second-order valence-corrected chi connectivity index (χ2v) is 3.45. The molecule has 2 rings (SSSR count). The summed E-state index contributed by atoms with van der Waals surface area (Å²) in [6.07, 6.45) is 0. The van der Waals surface area contributed by atoms with Crippen LogP contribution in [0.2, 0.25) is 0 Å². The molecule has 0 bridgehead atoms. The van der Waals surface area contributed by atoms with Gasteiger partial charge in [-0.15, -0.1) is 0 Å². The summed E-state index contributed by atoms with van der Waals surface area (Å²) >= 11 is 0. The number of rotatable bonds is 4. The number of aromatic nitrogens is 2. The van der Waals surface area contributed by atoms with E-state index >= 15 is 0 Å². The Morgan fingerprint density at radius 1 is 1.50 bits per heavy atom. The molecule has 5 nitrogen and oxygen atoms in total. The Morgan fingerprint density at radius 3 is 2.94 bits per heavy atom. The molecule has 0 aliphatic rings. The third-order valence-electron chi connectivity index (χ3n) is 2.40. The van der Waals surface area contributed by atoms with Crippen LogP contribution < -0.4 is 5.73 Å². The molecule has 0 atom stereocenters. The maximum Gasteiger partial charge on any atom is 0.269 e. The van der Waals surface area contributed by atoms with Gasteiger partial charge in [0.1, 0.15) is 0 Å². The van der Waals surface area contributed by atoms with Crippen molar-refractivity contribution in [2.75, 3.05) is 13.7 Å². The van der Waals surface area contributed by atoms with Crippen LogP contribution in [-0.2, 0) is 11.3 Å². The Hall–Kier alpha value is -1.88. The zero-order valence-electron chi connectivity index (χ0n) is 9.01. The van der Waals surface area contributed by atoms with Gasteiger partial charge in [-0.05, 0) is 6.07 Å². The van der Waals surface area contributed by atoms with Gasteiger partial charge in [0, 0.05) is 12.5 Å². The van der Waals surface area contributed by atoms with Crippen LogP contribution in [0.4, 0.5) is 0 Å². The summed E-state index contributed by atoms with van der Waals surface area (Å²) < 4.78 is 6.72. The molecule has 84 valence electrons. The van der Waals surface area contributed by atoms with Crippen LogP contribution in [0.15, 0.2) is 24.3 Å². The molecule has 1 heterocycles. The van der Waals surface area contributed by atoms with Gasteiger partial charge in [-0.3, -0.25) is 9.48 Å². The van der Waals surface area contributed by atoms with E-state index in [0.717, 1.165) is 10.9 Å². The molecule has 16 heavy (non-hydrogen) atoms. The lowest BCUT2D eigenvalue weighted by Gasteiger charge is -2.01. The molecule has 1 aromatic heterocycles. The van der Waals surface area contributed by atoms with Crippen molar-refractivity contribution < 1.29 is 9.53 Å². The lowest BCUT2D eigenvalue weighted by Crippen LogP contribution is -2.13. The highest BCUT2D eigenvalue weighted by molar-refractivity contribution is 6.04. The molecule has 1 amide bonds. The Kier molecular flexibility index (Phi) is 2.87. The second-order valence-electron chi connectivity index (χ2n) is 3.45. The molecular formula is C11H13N3O2. The first-order chi connectivity index (χ1) is 7.74. The topological polar surface area (TPSA) is 70.1 Å². The highest BCUT2D eigenvalue weighted by Crippen LogP contribution is 2.17. The van der Waals surface area contributed by atoms with E-state index < -0.39 is 5.91 Å². The maximum atomic E-state index is 11.2. The van der Waals surface area contributed by atoms with Crippen LogP contribution in [0.25, 0.3) is 10.9 Å². The molecular weight excluding hydrogens is 206 g/mol. The first kappa shape index (κ1) is 10.6. The van der Waals surface area contributed by atoms with Gasteiger partial charge in [0.2, 0.25) is 0 Å². The standard InChI is InChI=1S/C11H13N3O2/c1-16-7-6-14-9-5-3-2-4-8(9)10(13-14)11(12)15/h2-5H,6-7H2,1H3,(H2,12,15). The number of fused-ring (bicyclic) bond motifs is 1. The van der Waals surface area contributed by atoms with Gasteiger partial charge >= 0.3 is 0 Å². The predicted molar refractivity (Wildman–Crippen MR) is 60.1 cm³/mol. The Bertz CT molecular complexity index is 519. The van der Waals surface area contributed by atoms with Crippen LogP contribution in [0.3, 0.4) is 0 Å². The number of para-hydroxylation sites is 1. The molecule has 0 fully saturated rings. The number of hydrogen-bond acceptors (Lipinski definition) is 3. The van der Waals surface area contributed by atoms with Gasteiger partial charge in [-0.1, -0.05) is 18.2 Å². The van der Waals surface area contributed by atoms with Gasteiger partial charge in [-0.2, -0.15) is 5.10 Å². The van der Waals surface area contributed by atoms with Gasteiger partial charge in [0.05, 0.1) is 18.7 Å². The fraction of sp³-hybridized carbons (Fsp3) is 0.273. The summed E-state index contributed by atoms with van der Waals surface area (Å²) in [6.45, 7) is 1.15. The van der Waals surface area contributed by atoms with Gasteiger partial charge in [0.15, 0.2) is 5.69 Å².